The van der Waals surface area contributed by atoms with Crippen LogP contribution in [-0.4, -0.2) is 13.0 Å². The van der Waals surface area contributed by atoms with Crippen LogP contribution < -0.4 is 10.1 Å². The average Bonchev–Trinajstić information content (AvgIpc) is 2.77. The van der Waals surface area contributed by atoms with E-state index in [4.69, 9.17) is 27.9 Å². The van der Waals surface area contributed by atoms with Gasteiger partial charge in [0.2, 0.25) is 0 Å². The Balaban J connectivity index is 1.91. The summed E-state index contributed by atoms with van der Waals surface area (Å²) >= 11 is 12.5. The molecule has 3 aromatic rings. The molecule has 3 aromatic carbocycles. The van der Waals surface area contributed by atoms with E-state index in [0.29, 0.717) is 38.2 Å². The van der Waals surface area contributed by atoms with Crippen LogP contribution in [0.5, 0.6) is 5.75 Å². The van der Waals surface area contributed by atoms with Crippen molar-refractivity contribution in [2.45, 2.75) is 13.3 Å². The van der Waals surface area contributed by atoms with Crippen molar-refractivity contribution in [2.24, 2.45) is 0 Å². The first-order valence-electron chi connectivity index (χ1n) is 9.61. The van der Waals surface area contributed by atoms with Gasteiger partial charge >= 0.3 is 0 Å². The van der Waals surface area contributed by atoms with E-state index in [2.05, 4.69) is 5.32 Å². The normalized spacial score (nSPS) is 11.1. The van der Waals surface area contributed by atoms with E-state index in [-0.39, 0.29) is 17.8 Å². The standard InChI is InChI=1S/C25H19Cl2FN2O2/c1-15-7-8-19(26)13-23(15)30-25(31)18(14-29)9-16-10-21(27)20(24(11-16)32-2)12-17-5-3-4-6-22(17)28/h3-11,13H,12H2,1-2H3,(H,30,31)/b18-9+. The molecule has 32 heavy (non-hydrogen) atoms. The van der Waals surface area contributed by atoms with Gasteiger partial charge in [0.25, 0.3) is 5.91 Å². The van der Waals surface area contributed by atoms with E-state index in [1.807, 2.05) is 13.0 Å². The van der Waals surface area contributed by atoms with Gasteiger partial charge in [0, 0.05) is 27.7 Å². The number of amides is 1. The van der Waals surface area contributed by atoms with Gasteiger partial charge in [-0.25, -0.2) is 4.39 Å². The third kappa shape index (κ3) is 5.47. The van der Waals surface area contributed by atoms with Crippen LogP contribution in [0.3, 0.4) is 0 Å². The molecule has 0 saturated heterocycles. The van der Waals surface area contributed by atoms with Crippen molar-refractivity contribution in [3.63, 3.8) is 0 Å². The first kappa shape index (κ1) is 23.3. The summed E-state index contributed by atoms with van der Waals surface area (Å²) in [5.74, 6) is -0.492. The average molecular weight is 469 g/mol. The summed E-state index contributed by atoms with van der Waals surface area (Å²) in [6, 6.07) is 16.7. The third-order valence-corrected chi connectivity index (χ3v) is 5.42. The lowest BCUT2D eigenvalue weighted by Gasteiger charge is -2.13. The molecule has 0 unspecified atom stereocenters. The van der Waals surface area contributed by atoms with E-state index in [1.165, 1.54) is 19.3 Å². The zero-order valence-electron chi connectivity index (χ0n) is 17.4. The zero-order chi connectivity index (χ0) is 23.3. The highest BCUT2D eigenvalue weighted by Gasteiger charge is 2.15. The van der Waals surface area contributed by atoms with E-state index < -0.39 is 5.91 Å². The zero-order valence-corrected chi connectivity index (χ0v) is 18.9. The van der Waals surface area contributed by atoms with Crippen LogP contribution in [0.25, 0.3) is 6.08 Å². The quantitative estimate of drug-likeness (QED) is 0.328. The molecule has 0 bridgehead atoms. The van der Waals surface area contributed by atoms with Crippen molar-refractivity contribution in [1.82, 2.24) is 0 Å². The van der Waals surface area contributed by atoms with E-state index in [0.717, 1.165) is 5.56 Å². The Bertz CT molecular complexity index is 1250. The van der Waals surface area contributed by atoms with Gasteiger partial charge in [0.15, 0.2) is 0 Å². The van der Waals surface area contributed by atoms with Crippen molar-refractivity contribution in [3.8, 4) is 11.8 Å². The summed E-state index contributed by atoms with van der Waals surface area (Å²) in [5.41, 5.74) is 2.78. The summed E-state index contributed by atoms with van der Waals surface area (Å²) in [6.45, 7) is 1.82. The molecule has 0 saturated carbocycles. The van der Waals surface area contributed by atoms with Gasteiger partial charge in [0.05, 0.1) is 7.11 Å². The number of ether oxygens (including phenoxy) is 1. The Morgan fingerprint density at radius 1 is 1.19 bits per heavy atom. The minimum absolute atomic E-state index is 0.121. The molecule has 1 N–H and O–H groups in total. The SMILES string of the molecule is COc1cc(/C=C(\C#N)C(=O)Nc2cc(Cl)ccc2C)cc(Cl)c1Cc1ccccc1F. The fourth-order valence-corrected chi connectivity index (χ4v) is 3.59. The predicted molar refractivity (Wildman–Crippen MR) is 126 cm³/mol. The molecular formula is C25H19Cl2FN2O2. The van der Waals surface area contributed by atoms with E-state index >= 15 is 0 Å². The summed E-state index contributed by atoms with van der Waals surface area (Å²) in [5, 5.41) is 13.0. The molecule has 4 nitrogen and oxygen atoms in total. The van der Waals surface area contributed by atoms with Crippen LogP contribution in [0.15, 0.2) is 60.2 Å². The first-order chi connectivity index (χ1) is 15.3. The smallest absolute Gasteiger partial charge is 0.266 e. The Hall–Kier alpha value is -3.33. The third-order valence-electron chi connectivity index (χ3n) is 4.85. The minimum atomic E-state index is -0.580. The highest BCUT2D eigenvalue weighted by molar-refractivity contribution is 6.32. The van der Waals surface area contributed by atoms with Crippen molar-refractivity contribution in [2.75, 3.05) is 12.4 Å². The molecule has 0 aliphatic carbocycles. The number of nitrogens with one attached hydrogen (secondary N) is 1. The lowest BCUT2D eigenvalue weighted by Crippen LogP contribution is -2.14. The fraction of sp³-hybridized carbons (Fsp3) is 0.120. The largest absolute Gasteiger partial charge is 0.496 e. The highest BCUT2D eigenvalue weighted by Crippen LogP contribution is 2.32. The topological polar surface area (TPSA) is 62.1 Å². The van der Waals surface area contributed by atoms with Crippen molar-refractivity contribution in [3.05, 3.63) is 98.3 Å². The molecule has 162 valence electrons. The van der Waals surface area contributed by atoms with Crippen molar-refractivity contribution < 1.29 is 13.9 Å². The molecule has 1 amide bonds. The van der Waals surface area contributed by atoms with Gasteiger partial charge < -0.3 is 10.1 Å². The molecule has 3 rings (SSSR count). The van der Waals surface area contributed by atoms with Crippen LogP contribution in [-0.2, 0) is 11.2 Å². The lowest BCUT2D eigenvalue weighted by molar-refractivity contribution is -0.112. The summed E-state index contributed by atoms with van der Waals surface area (Å²) in [7, 11) is 1.48. The summed E-state index contributed by atoms with van der Waals surface area (Å²) in [6.07, 6.45) is 1.65. The molecular weight excluding hydrogens is 450 g/mol. The number of nitrogens with zero attached hydrogens (tertiary/aromatic N) is 1. The van der Waals surface area contributed by atoms with E-state index in [1.54, 1.807) is 48.5 Å². The molecule has 0 fully saturated rings. The Labute approximate surface area is 195 Å². The maximum absolute atomic E-state index is 14.1. The van der Waals surface area contributed by atoms with Gasteiger partial charge in [-0.1, -0.05) is 47.5 Å². The number of aryl methyl sites for hydroxylation is 1. The Morgan fingerprint density at radius 3 is 2.62 bits per heavy atom. The molecule has 0 atom stereocenters. The number of carbonyl (C=O) groups is 1. The molecule has 0 aromatic heterocycles. The van der Waals surface area contributed by atoms with Gasteiger partial charge in [-0.15, -0.1) is 0 Å². The molecule has 0 radical (unpaired) electrons. The Morgan fingerprint density at radius 2 is 1.94 bits per heavy atom. The van der Waals surface area contributed by atoms with Gasteiger partial charge in [-0.2, -0.15) is 5.26 Å². The monoisotopic (exact) mass is 468 g/mol. The van der Waals surface area contributed by atoms with Gasteiger partial charge in [-0.05, 0) is 60.0 Å². The lowest BCUT2D eigenvalue weighted by atomic mass is 10.0. The van der Waals surface area contributed by atoms with Gasteiger partial charge in [0.1, 0.15) is 23.2 Å². The number of benzene rings is 3. The van der Waals surface area contributed by atoms with Crippen LogP contribution in [0, 0.1) is 24.1 Å². The number of rotatable bonds is 6. The van der Waals surface area contributed by atoms with E-state index in [9.17, 15) is 14.4 Å². The van der Waals surface area contributed by atoms with Gasteiger partial charge in [-0.3, -0.25) is 4.79 Å². The number of hydrogen-bond acceptors (Lipinski definition) is 3. The van der Waals surface area contributed by atoms with Crippen LogP contribution in [0.4, 0.5) is 10.1 Å². The molecule has 7 heteroatoms. The maximum Gasteiger partial charge on any atom is 0.266 e. The second-order valence-electron chi connectivity index (χ2n) is 7.03. The predicted octanol–water partition coefficient (Wildman–Crippen LogP) is 6.59. The maximum atomic E-state index is 14.1. The van der Waals surface area contributed by atoms with Crippen molar-refractivity contribution in [1.29, 1.82) is 5.26 Å². The minimum Gasteiger partial charge on any atom is -0.496 e. The summed E-state index contributed by atoms with van der Waals surface area (Å²) < 4.78 is 19.5. The molecule has 0 heterocycles. The number of anilines is 1. The van der Waals surface area contributed by atoms with Crippen LogP contribution in [0.1, 0.15) is 22.3 Å². The van der Waals surface area contributed by atoms with Crippen molar-refractivity contribution >= 4 is 40.9 Å². The number of methoxy groups -OCH3 is 1. The highest BCUT2D eigenvalue weighted by atomic mass is 35.5. The second kappa shape index (κ2) is 10.3. The van der Waals surface area contributed by atoms with Crippen LogP contribution in [0.2, 0.25) is 10.0 Å². The molecule has 0 aliphatic rings. The first-order valence-corrected chi connectivity index (χ1v) is 10.4. The Kier molecular flexibility index (Phi) is 7.53. The number of halogens is 3. The summed E-state index contributed by atoms with van der Waals surface area (Å²) in [4.78, 5) is 12.6. The second-order valence-corrected chi connectivity index (χ2v) is 7.88. The number of hydrogen-bond donors (Lipinski definition) is 1. The number of nitriles is 1. The van der Waals surface area contributed by atoms with Crippen LogP contribution >= 0.6 is 23.2 Å². The molecule has 0 spiro atoms. The number of carbonyl (C=O) groups excluding carboxylic acids is 1. The fourth-order valence-electron chi connectivity index (χ4n) is 3.13. The molecule has 0 aliphatic heterocycles.